The number of benzene rings is 1. The molecule has 0 atom stereocenters. The van der Waals surface area contributed by atoms with Crippen LogP contribution in [0, 0.1) is 0 Å². The van der Waals surface area contributed by atoms with Gasteiger partial charge in [0, 0.05) is 18.0 Å². The number of furan rings is 1. The van der Waals surface area contributed by atoms with Gasteiger partial charge in [0.05, 0.1) is 16.9 Å². The van der Waals surface area contributed by atoms with Gasteiger partial charge in [-0.2, -0.15) is 18.3 Å². The first-order valence-corrected chi connectivity index (χ1v) is 8.19. The summed E-state index contributed by atoms with van der Waals surface area (Å²) in [6, 6.07) is 13.0. The second kappa shape index (κ2) is 6.80. The summed E-state index contributed by atoms with van der Waals surface area (Å²) in [4.78, 5) is 14.9. The van der Waals surface area contributed by atoms with Crippen molar-refractivity contribution in [3.63, 3.8) is 0 Å². The standard InChI is InChI=1S/C20H12F3N3O2/c21-20(22,23)14-1-3-15(4-2-14)26-18(19-6-5-16(12-27)28-19)11-17(25-26)13-7-9-24-10-8-13/h1-12H. The molecule has 8 heteroatoms. The summed E-state index contributed by atoms with van der Waals surface area (Å²) in [5, 5.41) is 4.51. The van der Waals surface area contributed by atoms with Crippen molar-refractivity contribution in [2.75, 3.05) is 0 Å². The van der Waals surface area contributed by atoms with E-state index >= 15 is 0 Å². The van der Waals surface area contributed by atoms with Crippen LogP contribution < -0.4 is 0 Å². The molecule has 0 aliphatic heterocycles. The van der Waals surface area contributed by atoms with Crippen LogP contribution in [-0.2, 0) is 6.18 Å². The van der Waals surface area contributed by atoms with E-state index in [1.165, 1.54) is 22.9 Å². The maximum atomic E-state index is 12.9. The van der Waals surface area contributed by atoms with Crippen molar-refractivity contribution in [3.8, 4) is 28.4 Å². The zero-order valence-corrected chi connectivity index (χ0v) is 14.2. The Morgan fingerprint density at radius 3 is 2.29 bits per heavy atom. The van der Waals surface area contributed by atoms with Gasteiger partial charge >= 0.3 is 6.18 Å². The van der Waals surface area contributed by atoms with Crippen LogP contribution in [0.25, 0.3) is 28.4 Å². The average molecular weight is 383 g/mol. The quantitative estimate of drug-likeness (QED) is 0.464. The number of rotatable bonds is 4. The van der Waals surface area contributed by atoms with Crippen LogP contribution in [0.4, 0.5) is 13.2 Å². The van der Waals surface area contributed by atoms with Crippen molar-refractivity contribution in [3.05, 3.63) is 78.3 Å². The van der Waals surface area contributed by atoms with Crippen LogP contribution in [0.1, 0.15) is 16.1 Å². The Bertz CT molecular complexity index is 1110. The summed E-state index contributed by atoms with van der Waals surface area (Å²) in [7, 11) is 0. The van der Waals surface area contributed by atoms with Gasteiger partial charge in [-0.15, -0.1) is 0 Å². The monoisotopic (exact) mass is 383 g/mol. The molecule has 0 amide bonds. The zero-order valence-electron chi connectivity index (χ0n) is 14.2. The van der Waals surface area contributed by atoms with Crippen LogP contribution in [0.15, 0.2) is 71.4 Å². The molecular formula is C20H12F3N3O2. The highest BCUT2D eigenvalue weighted by Crippen LogP contribution is 2.32. The minimum Gasteiger partial charge on any atom is -0.452 e. The van der Waals surface area contributed by atoms with E-state index < -0.39 is 11.7 Å². The highest BCUT2D eigenvalue weighted by atomic mass is 19.4. The fourth-order valence-electron chi connectivity index (χ4n) is 2.76. The number of nitrogens with zero attached hydrogens (tertiary/aromatic N) is 3. The Kier molecular flexibility index (Phi) is 4.31. The molecule has 140 valence electrons. The molecule has 4 aromatic rings. The molecule has 0 unspecified atom stereocenters. The summed E-state index contributed by atoms with van der Waals surface area (Å²) in [5.41, 5.74) is 1.54. The van der Waals surface area contributed by atoms with Crippen molar-refractivity contribution >= 4 is 6.29 Å². The maximum absolute atomic E-state index is 12.9. The van der Waals surface area contributed by atoms with Gasteiger partial charge in [0.25, 0.3) is 0 Å². The lowest BCUT2D eigenvalue weighted by atomic mass is 10.2. The van der Waals surface area contributed by atoms with Gasteiger partial charge in [0.2, 0.25) is 0 Å². The Hall–Kier alpha value is -3.68. The molecule has 1 aromatic carbocycles. The van der Waals surface area contributed by atoms with Gasteiger partial charge in [0.15, 0.2) is 17.8 Å². The van der Waals surface area contributed by atoms with Crippen LogP contribution in [0.3, 0.4) is 0 Å². The predicted molar refractivity (Wildman–Crippen MR) is 94.9 cm³/mol. The summed E-state index contributed by atoms with van der Waals surface area (Å²) >= 11 is 0. The minimum atomic E-state index is -4.42. The van der Waals surface area contributed by atoms with E-state index in [4.69, 9.17) is 4.42 Å². The molecule has 0 spiro atoms. The summed E-state index contributed by atoms with van der Waals surface area (Å²) in [6.45, 7) is 0. The predicted octanol–water partition coefficient (Wildman–Crippen LogP) is 5.03. The first-order valence-electron chi connectivity index (χ1n) is 8.19. The lowest BCUT2D eigenvalue weighted by Gasteiger charge is -2.09. The number of carbonyl (C=O) groups is 1. The molecule has 0 bridgehead atoms. The van der Waals surface area contributed by atoms with Crippen LogP contribution in [-0.4, -0.2) is 21.1 Å². The van der Waals surface area contributed by atoms with Crippen molar-refractivity contribution in [2.24, 2.45) is 0 Å². The van der Waals surface area contributed by atoms with Crippen molar-refractivity contribution < 1.29 is 22.4 Å². The van der Waals surface area contributed by atoms with Gasteiger partial charge < -0.3 is 4.42 Å². The van der Waals surface area contributed by atoms with Crippen LogP contribution in [0.5, 0.6) is 0 Å². The molecule has 3 aromatic heterocycles. The maximum Gasteiger partial charge on any atom is 0.416 e. The SMILES string of the molecule is O=Cc1ccc(-c2cc(-c3ccncc3)nn2-c2ccc(C(F)(F)F)cc2)o1. The van der Waals surface area contributed by atoms with Gasteiger partial charge in [-0.05, 0) is 54.6 Å². The summed E-state index contributed by atoms with van der Waals surface area (Å²) in [6.07, 6.45) is -0.618. The molecule has 0 N–H and O–H groups in total. The number of alkyl halides is 3. The van der Waals surface area contributed by atoms with E-state index in [1.807, 2.05) is 0 Å². The first kappa shape index (κ1) is 17.7. The number of pyridine rings is 1. The Morgan fingerprint density at radius 2 is 1.68 bits per heavy atom. The molecule has 5 nitrogen and oxygen atoms in total. The number of aldehydes is 1. The number of hydrogen-bond donors (Lipinski definition) is 0. The minimum absolute atomic E-state index is 0.139. The van der Waals surface area contributed by atoms with Crippen molar-refractivity contribution in [2.45, 2.75) is 6.18 Å². The van der Waals surface area contributed by atoms with E-state index in [0.29, 0.717) is 29.1 Å². The van der Waals surface area contributed by atoms with Crippen molar-refractivity contribution in [1.82, 2.24) is 14.8 Å². The Balaban J connectivity index is 1.85. The molecule has 28 heavy (non-hydrogen) atoms. The molecule has 0 aliphatic rings. The highest BCUT2D eigenvalue weighted by molar-refractivity contribution is 5.74. The third kappa shape index (κ3) is 3.32. The number of hydrogen-bond acceptors (Lipinski definition) is 4. The van der Waals surface area contributed by atoms with E-state index in [2.05, 4.69) is 10.1 Å². The fraction of sp³-hybridized carbons (Fsp3) is 0.0500. The molecule has 0 aliphatic carbocycles. The summed E-state index contributed by atoms with van der Waals surface area (Å²) in [5.74, 6) is 0.510. The normalized spacial score (nSPS) is 11.5. The lowest BCUT2D eigenvalue weighted by molar-refractivity contribution is -0.137. The zero-order chi connectivity index (χ0) is 19.7. The van der Waals surface area contributed by atoms with Gasteiger partial charge in [0.1, 0.15) is 5.69 Å². The number of halogens is 3. The summed E-state index contributed by atoms with van der Waals surface area (Å²) < 4.78 is 45.5. The van der Waals surface area contributed by atoms with E-state index in [0.717, 1.165) is 17.7 Å². The molecule has 0 saturated carbocycles. The molecule has 0 radical (unpaired) electrons. The number of carbonyl (C=O) groups excluding carboxylic acids is 1. The van der Waals surface area contributed by atoms with Crippen LogP contribution >= 0.6 is 0 Å². The fourth-order valence-corrected chi connectivity index (χ4v) is 2.76. The molecular weight excluding hydrogens is 371 g/mol. The molecule has 0 saturated heterocycles. The Labute approximate surface area is 157 Å². The van der Waals surface area contributed by atoms with E-state index in [-0.39, 0.29) is 5.76 Å². The van der Waals surface area contributed by atoms with E-state index in [1.54, 1.807) is 36.7 Å². The van der Waals surface area contributed by atoms with Crippen molar-refractivity contribution in [1.29, 1.82) is 0 Å². The number of aromatic nitrogens is 3. The Morgan fingerprint density at radius 1 is 0.964 bits per heavy atom. The highest BCUT2D eigenvalue weighted by Gasteiger charge is 2.30. The first-order chi connectivity index (χ1) is 13.5. The topological polar surface area (TPSA) is 60.9 Å². The van der Waals surface area contributed by atoms with Crippen LogP contribution in [0.2, 0.25) is 0 Å². The smallest absolute Gasteiger partial charge is 0.416 e. The van der Waals surface area contributed by atoms with Gasteiger partial charge in [-0.1, -0.05) is 0 Å². The largest absolute Gasteiger partial charge is 0.452 e. The lowest BCUT2D eigenvalue weighted by Crippen LogP contribution is -2.05. The molecule has 0 fully saturated rings. The van der Waals surface area contributed by atoms with Gasteiger partial charge in [-0.3, -0.25) is 9.78 Å². The second-order valence-corrected chi connectivity index (χ2v) is 5.93. The third-order valence-electron chi connectivity index (χ3n) is 4.12. The molecule has 3 heterocycles. The second-order valence-electron chi connectivity index (χ2n) is 5.93. The van der Waals surface area contributed by atoms with E-state index in [9.17, 15) is 18.0 Å². The third-order valence-corrected chi connectivity index (χ3v) is 4.12. The molecule has 4 rings (SSSR count). The van der Waals surface area contributed by atoms with Gasteiger partial charge in [-0.25, -0.2) is 4.68 Å². The average Bonchev–Trinajstić information content (AvgIpc) is 3.35.